The van der Waals surface area contributed by atoms with Crippen molar-refractivity contribution in [2.45, 2.75) is 71.5 Å². The molecule has 0 radical (unpaired) electrons. The average Bonchev–Trinajstić information content (AvgIpc) is 3.04. The lowest BCUT2D eigenvalue weighted by Gasteiger charge is -2.26. The molecule has 0 saturated carbocycles. The van der Waals surface area contributed by atoms with Crippen molar-refractivity contribution in [2.24, 2.45) is 17.6 Å². The zero-order chi connectivity index (χ0) is 34.5. The molecule has 250 valence electrons. The van der Waals surface area contributed by atoms with Gasteiger partial charge in [0.05, 0.1) is 19.0 Å². The molecule has 5 amide bonds. The molecule has 0 saturated heterocycles. The lowest BCUT2D eigenvalue weighted by atomic mass is 9.93. The fourth-order valence-electron chi connectivity index (χ4n) is 5.05. The van der Waals surface area contributed by atoms with Crippen LogP contribution in [0.2, 0.25) is 0 Å². The quantitative estimate of drug-likeness (QED) is 0.138. The Morgan fingerprint density at radius 1 is 0.787 bits per heavy atom. The van der Waals surface area contributed by atoms with Crippen LogP contribution in [0.1, 0.15) is 51.7 Å². The lowest BCUT2D eigenvalue weighted by Crippen LogP contribution is -2.57. The fourth-order valence-corrected chi connectivity index (χ4v) is 5.05. The second-order valence-electron chi connectivity index (χ2n) is 12.1. The number of amides is 5. The van der Waals surface area contributed by atoms with Crippen molar-refractivity contribution in [1.82, 2.24) is 26.3 Å². The van der Waals surface area contributed by atoms with Gasteiger partial charge in [-0.25, -0.2) is 0 Å². The van der Waals surface area contributed by atoms with Crippen molar-refractivity contribution >= 4 is 46.1 Å². The van der Waals surface area contributed by atoms with E-state index in [4.69, 9.17) is 5.73 Å². The number of nitrogens with two attached hydrogens (primary N) is 1. The summed E-state index contributed by atoms with van der Waals surface area (Å²) in [6.07, 6.45) is 4.09. The predicted octanol–water partition coefficient (Wildman–Crippen LogP) is 1.74. The number of benzene rings is 2. The van der Waals surface area contributed by atoms with Crippen LogP contribution in [0, 0.1) is 11.8 Å². The molecule has 0 fully saturated rings. The number of carbonyl (C=O) groups is 6. The molecule has 0 aliphatic rings. The van der Waals surface area contributed by atoms with Gasteiger partial charge in [0.15, 0.2) is 0 Å². The maximum atomic E-state index is 13.4. The van der Waals surface area contributed by atoms with Gasteiger partial charge in [0.2, 0.25) is 29.4 Å². The maximum absolute atomic E-state index is 13.4. The molecule has 0 aliphatic heterocycles. The van der Waals surface area contributed by atoms with E-state index in [1.807, 2.05) is 63.2 Å². The number of carbonyl (C=O) groups excluding carboxylic acids is 6. The van der Waals surface area contributed by atoms with Gasteiger partial charge in [-0.05, 0) is 52.3 Å². The van der Waals surface area contributed by atoms with Crippen LogP contribution in [0.25, 0.3) is 10.8 Å². The fraction of sp³-hybridized carbons (Fsp3) is 0.400. The van der Waals surface area contributed by atoms with E-state index in [0.29, 0.717) is 12.8 Å². The number of aromatic nitrogens is 1. The van der Waals surface area contributed by atoms with E-state index >= 15 is 0 Å². The Morgan fingerprint density at radius 3 is 2.09 bits per heavy atom. The van der Waals surface area contributed by atoms with Crippen LogP contribution in [0.5, 0.6) is 0 Å². The zero-order valence-corrected chi connectivity index (χ0v) is 27.2. The van der Waals surface area contributed by atoms with E-state index in [1.165, 1.54) is 0 Å². The minimum atomic E-state index is -1.20. The third-order valence-corrected chi connectivity index (χ3v) is 7.83. The summed E-state index contributed by atoms with van der Waals surface area (Å²) in [6.45, 7) is 6.73. The number of pyridine rings is 1. The number of hydrogen-bond acceptors (Lipinski definition) is 7. The first-order valence-corrected chi connectivity index (χ1v) is 15.7. The Bertz CT molecular complexity index is 1580. The molecule has 4 atom stereocenters. The Labute approximate surface area is 274 Å². The smallest absolute Gasteiger partial charge is 0.290 e. The van der Waals surface area contributed by atoms with Gasteiger partial charge in [-0.1, -0.05) is 76.6 Å². The van der Waals surface area contributed by atoms with E-state index in [9.17, 15) is 28.8 Å². The number of ketones is 1. The lowest BCUT2D eigenvalue weighted by molar-refractivity contribution is -0.142. The number of nitrogens with zero attached hydrogens (tertiary/aromatic N) is 1. The molecule has 0 spiro atoms. The number of hydrogen-bond donors (Lipinski definition) is 5. The van der Waals surface area contributed by atoms with Gasteiger partial charge in [-0.3, -0.25) is 33.8 Å². The minimum absolute atomic E-state index is 0.0389. The highest BCUT2D eigenvalue weighted by Gasteiger charge is 2.33. The normalized spacial score (nSPS) is 13.6. The monoisotopic (exact) mass is 644 g/mol. The summed E-state index contributed by atoms with van der Waals surface area (Å²) in [6, 6.07) is 13.6. The van der Waals surface area contributed by atoms with Crippen molar-refractivity contribution < 1.29 is 28.8 Å². The van der Waals surface area contributed by atoms with Gasteiger partial charge in [-0.15, -0.1) is 0 Å². The molecule has 0 aliphatic carbocycles. The highest BCUT2D eigenvalue weighted by atomic mass is 16.2. The maximum Gasteiger partial charge on any atom is 0.290 e. The molecule has 0 bridgehead atoms. The number of fused-ring (bicyclic) bond motifs is 1. The first-order valence-electron chi connectivity index (χ1n) is 15.7. The standard InChI is InChI=1S/C35H44N6O6/c1-5-22(4)31(41-34(46)28(16-21(2)3)40-29(42)19-23-12-14-37-15-13-23)32(44)35(47)38-20-30(43)39-27(33(36)45)18-24-10-11-25-8-6-7-9-26(25)17-24/h6-15,17,21-22,27-28,31H,5,16,18-20H2,1-4H3,(H2,36,45)(H,38,47)(H,39,43)(H,40,42)(H,41,46). The average molecular weight is 645 g/mol. The second kappa shape index (κ2) is 17.5. The van der Waals surface area contributed by atoms with Crippen LogP contribution in [-0.4, -0.2) is 65.0 Å². The summed E-state index contributed by atoms with van der Waals surface area (Å²) >= 11 is 0. The summed E-state index contributed by atoms with van der Waals surface area (Å²) in [4.78, 5) is 81.0. The van der Waals surface area contributed by atoms with Crippen LogP contribution >= 0.6 is 0 Å². The third kappa shape index (κ3) is 11.3. The van der Waals surface area contributed by atoms with Crippen LogP contribution in [0.15, 0.2) is 67.0 Å². The van der Waals surface area contributed by atoms with Crippen LogP contribution in [0.4, 0.5) is 0 Å². The summed E-state index contributed by atoms with van der Waals surface area (Å²) in [7, 11) is 0. The third-order valence-electron chi connectivity index (χ3n) is 7.83. The van der Waals surface area contributed by atoms with Crippen LogP contribution in [-0.2, 0) is 41.6 Å². The molecule has 4 unspecified atom stereocenters. The Morgan fingerprint density at radius 2 is 1.45 bits per heavy atom. The van der Waals surface area contributed by atoms with Gasteiger partial charge in [-0.2, -0.15) is 0 Å². The molecule has 47 heavy (non-hydrogen) atoms. The van der Waals surface area contributed by atoms with Crippen molar-refractivity contribution in [1.29, 1.82) is 0 Å². The first-order chi connectivity index (χ1) is 22.4. The summed E-state index contributed by atoms with van der Waals surface area (Å²) in [5, 5.41) is 12.2. The van der Waals surface area contributed by atoms with Crippen molar-refractivity contribution in [3.63, 3.8) is 0 Å². The first kappa shape index (κ1) is 36.3. The van der Waals surface area contributed by atoms with Crippen molar-refractivity contribution in [3.8, 4) is 0 Å². The minimum Gasteiger partial charge on any atom is -0.368 e. The van der Waals surface area contributed by atoms with Gasteiger partial charge < -0.3 is 27.0 Å². The van der Waals surface area contributed by atoms with E-state index in [1.54, 1.807) is 31.5 Å². The molecule has 1 heterocycles. The molecular weight excluding hydrogens is 600 g/mol. The predicted molar refractivity (Wildman–Crippen MR) is 178 cm³/mol. The Balaban J connectivity index is 1.60. The Hall–Kier alpha value is -5.13. The molecule has 3 aromatic rings. The van der Waals surface area contributed by atoms with Crippen molar-refractivity contribution in [2.75, 3.05) is 6.54 Å². The van der Waals surface area contributed by atoms with E-state index in [-0.39, 0.29) is 24.7 Å². The topological polar surface area (TPSA) is 189 Å². The highest BCUT2D eigenvalue weighted by molar-refractivity contribution is 6.38. The number of nitrogens with one attached hydrogen (secondary N) is 4. The molecule has 6 N–H and O–H groups in total. The SMILES string of the molecule is CCC(C)C(NC(=O)C(CC(C)C)NC(=O)Cc1ccncc1)C(=O)C(=O)NCC(=O)NC(Cc1ccc2ccccc2c1)C(N)=O. The molecule has 3 rings (SSSR count). The van der Waals surface area contributed by atoms with Gasteiger partial charge in [0.1, 0.15) is 12.1 Å². The molecular formula is C35H44N6O6. The van der Waals surface area contributed by atoms with E-state index < -0.39 is 60.0 Å². The molecule has 12 heteroatoms. The summed E-state index contributed by atoms with van der Waals surface area (Å²) in [5.41, 5.74) is 7.05. The van der Waals surface area contributed by atoms with Crippen molar-refractivity contribution in [3.05, 3.63) is 78.1 Å². The number of Topliss-reactive ketones (excluding diaryl/α,β-unsaturated/α-hetero) is 1. The second-order valence-corrected chi connectivity index (χ2v) is 12.1. The number of primary amides is 1. The van der Waals surface area contributed by atoms with E-state index in [2.05, 4.69) is 26.3 Å². The molecule has 12 nitrogen and oxygen atoms in total. The largest absolute Gasteiger partial charge is 0.368 e. The van der Waals surface area contributed by atoms with E-state index in [0.717, 1.165) is 21.9 Å². The van der Waals surface area contributed by atoms with Crippen LogP contribution in [0.3, 0.4) is 0 Å². The summed E-state index contributed by atoms with van der Waals surface area (Å²) < 4.78 is 0. The zero-order valence-electron chi connectivity index (χ0n) is 27.2. The number of rotatable bonds is 17. The van der Waals surface area contributed by atoms with Gasteiger partial charge in [0, 0.05) is 18.8 Å². The molecule has 1 aromatic heterocycles. The molecule has 2 aromatic carbocycles. The summed E-state index contributed by atoms with van der Waals surface area (Å²) in [5.74, 6) is -4.83. The Kier molecular flexibility index (Phi) is 13.6. The van der Waals surface area contributed by atoms with Gasteiger partial charge >= 0.3 is 0 Å². The van der Waals surface area contributed by atoms with Gasteiger partial charge in [0.25, 0.3) is 5.91 Å². The van der Waals surface area contributed by atoms with Crippen LogP contribution < -0.4 is 27.0 Å². The highest BCUT2D eigenvalue weighted by Crippen LogP contribution is 2.17.